The number of benzene rings is 1. The lowest BCUT2D eigenvalue weighted by Gasteiger charge is -2.27. The Bertz CT molecular complexity index is 1260. The van der Waals surface area contributed by atoms with Gasteiger partial charge < -0.3 is 4.74 Å². The van der Waals surface area contributed by atoms with Crippen molar-refractivity contribution in [3.63, 3.8) is 0 Å². The monoisotopic (exact) mass is 560 g/mol. The number of carbonyl (C=O) groups excluding carboxylic acids is 1. The molecule has 1 aromatic carbocycles. The molecule has 1 aliphatic heterocycles. The largest absolute Gasteiger partial charge is 0.372 e. The molecule has 0 radical (unpaired) electrons. The van der Waals surface area contributed by atoms with Crippen molar-refractivity contribution in [1.82, 2.24) is 9.55 Å². The van der Waals surface area contributed by atoms with Crippen LogP contribution < -0.4 is 5.56 Å². The molecular weight excluding hydrogens is 532 g/mol. The van der Waals surface area contributed by atoms with Crippen molar-refractivity contribution in [3.8, 4) is 0 Å². The van der Waals surface area contributed by atoms with E-state index in [4.69, 9.17) is 9.72 Å². The third-order valence-corrected chi connectivity index (χ3v) is 9.50. The number of Topliss-reactive ketones (excluding diaryl/α,β-unsaturated/α-hetero) is 1. The second-order valence-corrected chi connectivity index (χ2v) is 12.5. The summed E-state index contributed by atoms with van der Waals surface area (Å²) in [6.07, 6.45) is 6.35. The van der Waals surface area contributed by atoms with Crippen molar-refractivity contribution in [1.29, 1.82) is 0 Å². The molecule has 5 rings (SSSR count). The number of halogens is 1. The van der Waals surface area contributed by atoms with Crippen LogP contribution in [-0.4, -0.2) is 27.2 Å². The molecule has 3 heterocycles. The zero-order valence-corrected chi connectivity index (χ0v) is 22.7. The molecule has 0 amide bonds. The molecule has 0 N–H and O–H groups in total. The summed E-state index contributed by atoms with van der Waals surface area (Å²) in [5.41, 5.74) is 1.87. The van der Waals surface area contributed by atoms with Crippen molar-refractivity contribution in [3.05, 3.63) is 55.1 Å². The van der Waals surface area contributed by atoms with Gasteiger partial charge in [-0.05, 0) is 36.5 Å². The standard InChI is InChI=1S/C26H29BrN2O3S2/c1-15(2)21-12-19-22(13-32-21)34-24-23(19)25(31)29(18-6-4-3-5-7-18)26(28-24)33-14-20(30)16-8-10-17(27)11-9-16/h8-11,15,18,21H,3-7,12-14H2,1-2H3. The number of fused-ring (bicyclic) bond motifs is 3. The van der Waals surface area contributed by atoms with Gasteiger partial charge in [-0.15, -0.1) is 11.3 Å². The van der Waals surface area contributed by atoms with Crippen LogP contribution in [0.1, 0.15) is 72.8 Å². The summed E-state index contributed by atoms with van der Waals surface area (Å²) in [6, 6.07) is 7.57. The van der Waals surface area contributed by atoms with Gasteiger partial charge in [0.25, 0.3) is 5.56 Å². The van der Waals surface area contributed by atoms with Crippen molar-refractivity contribution in [2.45, 2.75) is 76.3 Å². The van der Waals surface area contributed by atoms with Crippen molar-refractivity contribution in [2.24, 2.45) is 5.92 Å². The van der Waals surface area contributed by atoms with E-state index in [0.717, 1.165) is 57.2 Å². The molecular formula is C26H29BrN2O3S2. The van der Waals surface area contributed by atoms with Crippen molar-refractivity contribution in [2.75, 3.05) is 5.75 Å². The molecule has 1 unspecified atom stereocenters. The highest BCUT2D eigenvalue weighted by Gasteiger charge is 2.30. The number of rotatable bonds is 6. The zero-order chi connectivity index (χ0) is 23.8. The summed E-state index contributed by atoms with van der Waals surface area (Å²) in [6.45, 7) is 4.88. The van der Waals surface area contributed by atoms with Crippen LogP contribution in [0.15, 0.2) is 38.7 Å². The minimum absolute atomic E-state index is 0.0423. The van der Waals surface area contributed by atoms with E-state index in [0.29, 0.717) is 23.2 Å². The maximum atomic E-state index is 14.0. The van der Waals surface area contributed by atoms with Crippen LogP contribution in [0.4, 0.5) is 0 Å². The Kier molecular flexibility index (Phi) is 7.30. The predicted octanol–water partition coefficient (Wildman–Crippen LogP) is 6.80. The Morgan fingerprint density at radius 1 is 1.24 bits per heavy atom. The topological polar surface area (TPSA) is 61.2 Å². The fraction of sp³-hybridized carbons (Fsp3) is 0.500. The number of ketones is 1. The van der Waals surface area contributed by atoms with Gasteiger partial charge in [-0.3, -0.25) is 14.2 Å². The highest BCUT2D eigenvalue weighted by molar-refractivity contribution is 9.10. The first kappa shape index (κ1) is 24.2. The molecule has 1 fully saturated rings. The van der Waals surface area contributed by atoms with Gasteiger partial charge in [-0.25, -0.2) is 4.98 Å². The third-order valence-electron chi connectivity index (χ3n) is 6.92. The lowest BCUT2D eigenvalue weighted by molar-refractivity contribution is 0.00200. The van der Waals surface area contributed by atoms with Gasteiger partial charge in [0.15, 0.2) is 10.9 Å². The van der Waals surface area contributed by atoms with E-state index in [1.807, 2.05) is 28.8 Å². The summed E-state index contributed by atoms with van der Waals surface area (Å²) in [4.78, 5) is 33.8. The molecule has 2 aliphatic rings. The minimum atomic E-state index is 0.0423. The van der Waals surface area contributed by atoms with Crippen LogP contribution in [-0.2, 0) is 17.8 Å². The lowest BCUT2D eigenvalue weighted by Crippen LogP contribution is -2.31. The molecule has 180 valence electrons. The van der Waals surface area contributed by atoms with Gasteiger partial charge >= 0.3 is 0 Å². The zero-order valence-electron chi connectivity index (χ0n) is 19.5. The number of ether oxygens (including phenoxy) is 1. The maximum absolute atomic E-state index is 14.0. The lowest BCUT2D eigenvalue weighted by atomic mass is 9.94. The van der Waals surface area contributed by atoms with Crippen LogP contribution in [0.5, 0.6) is 0 Å². The summed E-state index contributed by atoms with van der Waals surface area (Å²) >= 11 is 6.39. The van der Waals surface area contributed by atoms with E-state index in [9.17, 15) is 9.59 Å². The first-order chi connectivity index (χ1) is 16.4. The minimum Gasteiger partial charge on any atom is -0.372 e. The SMILES string of the molecule is CC(C)C1Cc2c(sc3nc(SCC(=O)c4ccc(Br)cc4)n(C4CCCCC4)c(=O)c23)CO1. The smallest absolute Gasteiger partial charge is 0.263 e. The van der Waals surface area contributed by atoms with Gasteiger partial charge in [0.2, 0.25) is 0 Å². The predicted molar refractivity (Wildman–Crippen MR) is 142 cm³/mol. The number of hydrogen-bond acceptors (Lipinski definition) is 6. The van der Waals surface area contributed by atoms with E-state index in [1.165, 1.54) is 18.2 Å². The number of carbonyl (C=O) groups is 1. The Labute approximate surface area is 216 Å². The first-order valence-electron chi connectivity index (χ1n) is 12.0. The van der Waals surface area contributed by atoms with Gasteiger partial charge in [-0.2, -0.15) is 0 Å². The molecule has 1 atom stereocenters. The molecule has 0 bridgehead atoms. The number of hydrogen-bond donors (Lipinski definition) is 0. The molecule has 8 heteroatoms. The molecule has 5 nitrogen and oxygen atoms in total. The average molecular weight is 562 g/mol. The van der Waals surface area contributed by atoms with Crippen LogP contribution in [0.25, 0.3) is 10.2 Å². The number of thiophene rings is 1. The first-order valence-corrected chi connectivity index (χ1v) is 14.6. The number of aromatic nitrogens is 2. The summed E-state index contributed by atoms with van der Waals surface area (Å²) < 4.78 is 8.94. The van der Waals surface area contributed by atoms with Crippen LogP contribution in [0.3, 0.4) is 0 Å². The maximum Gasteiger partial charge on any atom is 0.263 e. The van der Waals surface area contributed by atoms with Gasteiger partial charge in [0, 0.05) is 27.4 Å². The Morgan fingerprint density at radius 2 is 1.97 bits per heavy atom. The van der Waals surface area contributed by atoms with E-state index >= 15 is 0 Å². The van der Waals surface area contributed by atoms with Gasteiger partial charge in [-0.1, -0.05) is 72.9 Å². The van der Waals surface area contributed by atoms with E-state index in [2.05, 4.69) is 29.8 Å². The molecule has 3 aromatic rings. The van der Waals surface area contributed by atoms with E-state index < -0.39 is 0 Å². The average Bonchev–Trinajstić information content (AvgIpc) is 3.21. The van der Waals surface area contributed by atoms with Crippen molar-refractivity contribution < 1.29 is 9.53 Å². The van der Waals surface area contributed by atoms with Gasteiger partial charge in [0.05, 0.1) is 23.8 Å². The quantitative estimate of drug-likeness (QED) is 0.188. The fourth-order valence-corrected chi connectivity index (χ4v) is 7.35. The number of thioether (sulfide) groups is 1. The fourth-order valence-electron chi connectivity index (χ4n) is 4.96. The molecule has 1 saturated carbocycles. The summed E-state index contributed by atoms with van der Waals surface area (Å²) in [5, 5.41) is 1.46. The molecule has 0 spiro atoms. The third kappa shape index (κ3) is 4.79. The number of nitrogens with zero attached hydrogens (tertiary/aromatic N) is 2. The summed E-state index contributed by atoms with van der Waals surface area (Å²) in [5.74, 6) is 0.701. The van der Waals surface area contributed by atoms with Crippen molar-refractivity contribution >= 4 is 55.0 Å². The second kappa shape index (κ2) is 10.2. The Morgan fingerprint density at radius 3 is 2.68 bits per heavy atom. The highest BCUT2D eigenvalue weighted by Crippen LogP contribution is 2.38. The summed E-state index contributed by atoms with van der Waals surface area (Å²) in [7, 11) is 0. The molecule has 1 aliphatic carbocycles. The molecule has 0 saturated heterocycles. The second-order valence-electron chi connectivity index (χ2n) is 9.56. The van der Waals surface area contributed by atoms with E-state index in [-0.39, 0.29) is 29.2 Å². The Hall–Kier alpha value is -1.48. The van der Waals surface area contributed by atoms with Crippen LogP contribution >= 0.6 is 39.0 Å². The highest BCUT2D eigenvalue weighted by atomic mass is 79.9. The molecule has 34 heavy (non-hydrogen) atoms. The molecule has 2 aromatic heterocycles. The Balaban J connectivity index is 1.53. The van der Waals surface area contributed by atoms with E-state index in [1.54, 1.807) is 11.3 Å². The normalized spacial score (nSPS) is 19.0. The van der Waals surface area contributed by atoms with Crippen LogP contribution in [0.2, 0.25) is 0 Å². The van der Waals surface area contributed by atoms with Crippen LogP contribution in [0, 0.1) is 5.92 Å². The van der Waals surface area contributed by atoms with Gasteiger partial charge in [0.1, 0.15) is 4.83 Å².